The van der Waals surface area contributed by atoms with Crippen LogP contribution in [-0.2, 0) is 0 Å². The lowest BCUT2D eigenvalue weighted by atomic mass is 10.1. The monoisotopic (exact) mass is 282 g/mol. The first-order valence-electron chi connectivity index (χ1n) is 6.51. The van der Waals surface area contributed by atoms with Crippen LogP contribution in [0.4, 0.5) is 17.3 Å². The second kappa shape index (κ2) is 4.90. The first kappa shape index (κ1) is 13.1. The van der Waals surface area contributed by atoms with Gasteiger partial charge in [-0.3, -0.25) is 0 Å². The maximum absolute atomic E-state index is 11.3. The first-order chi connectivity index (χ1) is 10.0. The molecule has 0 radical (unpaired) electrons. The van der Waals surface area contributed by atoms with Gasteiger partial charge in [-0.25, -0.2) is 0 Å². The predicted octanol–water partition coefficient (Wildman–Crippen LogP) is 3.60. The van der Waals surface area contributed by atoms with E-state index in [4.69, 9.17) is 0 Å². The number of rotatable bonds is 3. The standard InChI is InChI=1S/C15H14N4O2/c1-10-7-11(2)9-12(8-10)16-14-15(19(20)21)18-6-4-3-5-13(18)17-14/h3-9,16H,1-2H3. The molecule has 21 heavy (non-hydrogen) atoms. The quantitative estimate of drug-likeness (QED) is 0.588. The second-order valence-corrected chi connectivity index (χ2v) is 4.97. The summed E-state index contributed by atoms with van der Waals surface area (Å²) < 4.78 is 1.46. The SMILES string of the molecule is Cc1cc(C)cc(Nc2nc3ccccn3c2[N+](=O)[O-])c1. The molecule has 0 aliphatic heterocycles. The number of nitro groups is 1. The van der Waals surface area contributed by atoms with Gasteiger partial charge in [0.05, 0.1) is 6.20 Å². The Morgan fingerprint density at radius 2 is 1.90 bits per heavy atom. The van der Waals surface area contributed by atoms with E-state index in [-0.39, 0.29) is 11.6 Å². The van der Waals surface area contributed by atoms with E-state index in [2.05, 4.69) is 10.3 Å². The number of hydrogen-bond donors (Lipinski definition) is 1. The molecule has 3 rings (SSSR count). The van der Waals surface area contributed by atoms with Crippen molar-refractivity contribution in [3.8, 4) is 0 Å². The lowest BCUT2D eigenvalue weighted by Crippen LogP contribution is -1.99. The molecular formula is C15H14N4O2. The third kappa shape index (κ3) is 2.43. The molecule has 0 spiro atoms. The average molecular weight is 282 g/mol. The van der Waals surface area contributed by atoms with E-state index < -0.39 is 4.92 Å². The molecule has 0 saturated carbocycles. The van der Waals surface area contributed by atoms with Crippen LogP contribution in [0.25, 0.3) is 5.65 Å². The van der Waals surface area contributed by atoms with Gasteiger partial charge in [0, 0.05) is 11.8 Å². The summed E-state index contributed by atoms with van der Waals surface area (Å²) in [6, 6.07) is 11.2. The first-order valence-corrected chi connectivity index (χ1v) is 6.51. The minimum Gasteiger partial charge on any atom is -0.358 e. The van der Waals surface area contributed by atoms with Crippen LogP contribution in [0.1, 0.15) is 11.1 Å². The number of nitrogens with zero attached hydrogens (tertiary/aromatic N) is 3. The molecule has 106 valence electrons. The number of aryl methyl sites for hydroxylation is 2. The fourth-order valence-corrected chi connectivity index (χ4v) is 2.42. The van der Waals surface area contributed by atoms with Gasteiger partial charge < -0.3 is 15.4 Å². The van der Waals surface area contributed by atoms with E-state index in [0.717, 1.165) is 16.8 Å². The number of imidazole rings is 1. The molecule has 1 N–H and O–H groups in total. The summed E-state index contributed by atoms with van der Waals surface area (Å²) in [5, 5.41) is 14.4. The Balaban J connectivity index is 2.11. The van der Waals surface area contributed by atoms with Gasteiger partial charge >= 0.3 is 5.82 Å². The van der Waals surface area contributed by atoms with E-state index >= 15 is 0 Å². The molecule has 0 unspecified atom stereocenters. The van der Waals surface area contributed by atoms with Crippen molar-refractivity contribution in [2.75, 3.05) is 5.32 Å². The summed E-state index contributed by atoms with van der Waals surface area (Å²) in [7, 11) is 0. The van der Waals surface area contributed by atoms with E-state index in [1.807, 2.05) is 32.0 Å². The van der Waals surface area contributed by atoms with E-state index in [0.29, 0.717) is 5.65 Å². The number of nitrogens with one attached hydrogen (secondary N) is 1. The second-order valence-electron chi connectivity index (χ2n) is 4.97. The van der Waals surface area contributed by atoms with Crippen molar-refractivity contribution in [1.29, 1.82) is 0 Å². The molecular weight excluding hydrogens is 268 g/mol. The number of hydrogen-bond acceptors (Lipinski definition) is 4. The van der Waals surface area contributed by atoms with E-state index in [9.17, 15) is 10.1 Å². The average Bonchev–Trinajstić information content (AvgIpc) is 2.75. The van der Waals surface area contributed by atoms with Crippen molar-refractivity contribution >= 4 is 23.0 Å². The molecule has 1 aromatic carbocycles. The number of pyridine rings is 1. The van der Waals surface area contributed by atoms with Gasteiger partial charge in [-0.15, -0.1) is 0 Å². The molecule has 0 aliphatic carbocycles. The van der Waals surface area contributed by atoms with Crippen molar-refractivity contribution in [3.05, 3.63) is 63.8 Å². The van der Waals surface area contributed by atoms with Gasteiger partial charge in [0.15, 0.2) is 0 Å². The van der Waals surface area contributed by atoms with Crippen LogP contribution in [0.2, 0.25) is 0 Å². The molecule has 0 bridgehead atoms. The Morgan fingerprint density at radius 3 is 2.57 bits per heavy atom. The third-order valence-corrected chi connectivity index (χ3v) is 3.16. The molecule has 0 amide bonds. The zero-order chi connectivity index (χ0) is 15.0. The molecule has 2 heterocycles. The minimum atomic E-state index is -0.426. The number of fused-ring (bicyclic) bond motifs is 1. The van der Waals surface area contributed by atoms with E-state index in [1.165, 1.54) is 4.40 Å². The predicted molar refractivity (Wildman–Crippen MR) is 81.0 cm³/mol. The minimum absolute atomic E-state index is 0.0650. The van der Waals surface area contributed by atoms with Crippen molar-refractivity contribution in [3.63, 3.8) is 0 Å². The zero-order valence-corrected chi connectivity index (χ0v) is 11.7. The normalized spacial score (nSPS) is 10.8. The highest BCUT2D eigenvalue weighted by molar-refractivity contribution is 5.69. The maximum Gasteiger partial charge on any atom is 0.372 e. The Bertz CT molecular complexity index is 819. The number of anilines is 2. The van der Waals surface area contributed by atoms with Crippen LogP contribution in [-0.4, -0.2) is 14.3 Å². The molecule has 6 heteroatoms. The Kier molecular flexibility index (Phi) is 3.06. The highest BCUT2D eigenvalue weighted by Crippen LogP contribution is 2.28. The number of benzene rings is 1. The summed E-state index contributed by atoms with van der Waals surface area (Å²) in [6.07, 6.45) is 1.63. The van der Waals surface area contributed by atoms with Crippen LogP contribution < -0.4 is 5.32 Å². The lowest BCUT2D eigenvalue weighted by Gasteiger charge is -2.06. The molecule has 6 nitrogen and oxygen atoms in total. The molecule has 0 aliphatic rings. The van der Waals surface area contributed by atoms with Gasteiger partial charge in [0.2, 0.25) is 11.5 Å². The Morgan fingerprint density at radius 1 is 1.19 bits per heavy atom. The van der Waals surface area contributed by atoms with Gasteiger partial charge in [-0.1, -0.05) is 12.1 Å². The van der Waals surface area contributed by atoms with Crippen LogP contribution in [0.5, 0.6) is 0 Å². The highest BCUT2D eigenvalue weighted by Gasteiger charge is 2.22. The van der Waals surface area contributed by atoms with Crippen molar-refractivity contribution < 1.29 is 4.92 Å². The maximum atomic E-state index is 11.3. The topological polar surface area (TPSA) is 72.5 Å². The Labute approximate surface area is 121 Å². The Hall–Kier alpha value is -2.89. The van der Waals surface area contributed by atoms with Gasteiger partial charge in [-0.05, 0) is 48.1 Å². The lowest BCUT2D eigenvalue weighted by molar-refractivity contribution is -0.389. The molecule has 0 fully saturated rings. The number of aromatic nitrogens is 2. The fourth-order valence-electron chi connectivity index (χ4n) is 2.42. The van der Waals surface area contributed by atoms with Crippen LogP contribution in [0, 0.1) is 24.0 Å². The van der Waals surface area contributed by atoms with Crippen LogP contribution in [0.15, 0.2) is 42.6 Å². The fraction of sp³-hybridized carbons (Fsp3) is 0.133. The van der Waals surface area contributed by atoms with Gasteiger partial charge in [0.25, 0.3) is 0 Å². The molecule has 0 atom stereocenters. The van der Waals surface area contributed by atoms with Gasteiger partial charge in [-0.2, -0.15) is 9.38 Å². The zero-order valence-electron chi connectivity index (χ0n) is 11.7. The van der Waals surface area contributed by atoms with Crippen LogP contribution >= 0.6 is 0 Å². The van der Waals surface area contributed by atoms with E-state index in [1.54, 1.807) is 24.4 Å². The van der Waals surface area contributed by atoms with Crippen molar-refractivity contribution in [2.45, 2.75) is 13.8 Å². The summed E-state index contributed by atoms with van der Waals surface area (Å²) in [5.41, 5.74) is 3.50. The van der Waals surface area contributed by atoms with Crippen molar-refractivity contribution in [1.82, 2.24) is 9.38 Å². The molecule has 0 saturated heterocycles. The summed E-state index contributed by atoms with van der Waals surface area (Å²) >= 11 is 0. The largest absolute Gasteiger partial charge is 0.372 e. The molecule has 3 aromatic rings. The van der Waals surface area contributed by atoms with Crippen molar-refractivity contribution in [2.24, 2.45) is 0 Å². The third-order valence-electron chi connectivity index (χ3n) is 3.16. The summed E-state index contributed by atoms with van der Waals surface area (Å²) in [6.45, 7) is 3.96. The summed E-state index contributed by atoms with van der Waals surface area (Å²) in [4.78, 5) is 15.2. The van der Waals surface area contributed by atoms with Gasteiger partial charge in [0.1, 0.15) is 0 Å². The summed E-state index contributed by atoms with van der Waals surface area (Å²) in [5.74, 6) is 0.181. The molecule has 2 aromatic heterocycles. The van der Waals surface area contributed by atoms with Crippen LogP contribution in [0.3, 0.4) is 0 Å². The smallest absolute Gasteiger partial charge is 0.358 e. The highest BCUT2D eigenvalue weighted by atomic mass is 16.6.